The molecule has 0 saturated carbocycles. The van der Waals surface area contributed by atoms with Gasteiger partial charge in [0.2, 0.25) is 0 Å². The maximum absolute atomic E-state index is 7.20. The Hall–Kier alpha value is -2.17. The van der Waals surface area contributed by atoms with Crippen LogP contribution in [0.5, 0.6) is 0 Å². The molecular weight excluding hydrogens is 178 g/mol. The lowest BCUT2D eigenvalue weighted by molar-refractivity contribution is 0.991. The van der Waals surface area contributed by atoms with Gasteiger partial charge in [0.05, 0.1) is 0 Å². The molecule has 2 aromatic heterocycles. The van der Waals surface area contributed by atoms with Crippen molar-refractivity contribution in [2.24, 2.45) is 5.73 Å². The number of nitrogen functional groups attached to an aromatic ring is 1. The van der Waals surface area contributed by atoms with E-state index >= 15 is 0 Å². The van der Waals surface area contributed by atoms with E-state index in [0.29, 0.717) is 5.56 Å². The fourth-order valence-electron chi connectivity index (χ4n) is 1.09. The van der Waals surface area contributed by atoms with Gasteiger partial charge in [-0.1, -0.05) is 0 Å². The highest BCUT2D eigenvalue weighted by Crippen LogP contribution is 2.04. The molecule has 0 bridgehead atoms. The van der Waals surface area contributed by atoms with Crippen LogP contribution in [0.25, 0.3) is 5.82 Å². The van der Waals surface area contributed by atoms with Crippen LogP contribution in [0, 0.1) is 5.41 Å². The second-order valence-corrected chi connectivity index (χ2v) is 2.79. The van der Waals surface area contributed by atoms with Gasteiger partial charge in [-0.15, -0.1) is 0 Å². The molecule has 70 valence electrons. The second-order valence-electron chi connectivity index (χ2n) is 2.79. The summed E-state index contributed by atoms with van der Waals surface area (Å²) in [5.41, 5.74) is 5.93. The molecule has 0 aliphatic heterocycles. The summed E-state index contributed by atoms with van der Waals surface area (Å²) in [5, 5.41) is 7.20. The molecule has 2 heterocycles. The maximum atomic E-state index is 7.20. The van der Waals surface area contributed by atoms with E-state index in [4.69, 9.17) is 11.1 Å². The Morgan fingerprint density at radius 3 is 2.79 bits per heavy atom. The van der Waals surface area contributed by atoms with E-state index in [1.54, 1.807) is 41.6 Å². The number of nitrogens with zero attached hydrogens (tertiary/aromatic N) is 3. The summed E-state index contributed by atoms with van der Waals surface area (Å²) in [7, 11) is 0. The summed E-state index contributed by atoms with van der Waals surface area (Å²) in [6.45, 7) is 0. The summed E-state index contributed by atoms with van der Waals surface area (Å²) in [5.74, 6) is 0.780. The first kappa shape index (κ1) is 8.43. The van der Waals surface area contributed by atoms with Crippen molar-refractivity contribution in [2.45, 2.75) is 0 Å². The van der Waals surface area contributed by atoms with Crippen molar-refractivity contribution in [2.75, 3.05) is 0 Å². The summed E-state index contributed by atoms with van der Waals surface area (Å²) in [4.78, 5) is 8.06. The molecule has 0 unspecified atom stereocenters. The zero-order chi connectivity index (χ0) is 9.97. The molecule has 5 heteroatoms. The summed E-state index contributed by atoms with van der Waals surface area (Å²) < 4.78 is 1.78. The number of rotatable bonds is 2. The van der Waals surface area contributed by atoms with E-state index in [1.807, 2.05) is 0 Å². The quantitative estimate of drug-likeness (QED) is 0.532. The van der Waals surface area contributed by atoms with Crippen molar-refractivity contribution in [3.05, 3.63) is 42.6 Å². The van der Waals surface area contributed by atoms with Crippen LogP contribution in [-0.4, -0.2) is 20.4 Å². The molecule has 0 aromatic carbocycles. The maximum Gasteiger partial charge on any atom is 0.137 e. The van der Waals surface area contributed by atoms with Crippen molar-refractivity contribution in [1.82, 2.24) is 14.5 Å². The third kappa shape index (κ3) is 1.47. The zero-order valence-electron chi connectivity index (χ0n) is 7.38. The van der Waals surface area contributed by atoms with Crippen LogP contribution in [0.3, 0.4) is 0 Å². The molecule has 0 saturated heterocycles. The Morgan fingerprint density at radius 1 is 1.43 bits per heavy atom. The van der Waals surface area contributed by atoms with E-state index in [0.717, 1.165) is 5.82 Å². The van der Waals surface area contributed by atoms with Gasteiger partial charge in [0, 0.05) is 24.2 Å². The van der Waals surface area contributed by atoms with E-state index in [1.165, 1.54) is 0 Å². The van der Waals surface area contributed by atoms with Crippen molar-refractivity contribution in [3.8, 4) is 5.82 Å². The van der Waals surface area contributed by atoms with Gasteiger partial charge in [0.1, 0.15) is 18.0 Å². The van der Waals surface area contributed by atoms with Gasteiger partial charge in [-0.2, -0.15) is 0 Å². The zero-order valence-corrected chi connectivity index (χ0v) is 7.38. The Bertz CT molecular complexity index is 429. The highest BCUT2D eigenvalue weighted by atomic mass is 15.1. The lowest BCUT2D eigenvalue weighted by Gasteiger charge is -2.01. The van der Waals surface area contributed by atoms with Crippen LogP contribution in [-0.2, 0) is 0 Å². The van der Waals surface area contributed by atoms with Gasteiger partial charge < -0.3 is 5.73 Å². The first-order valence-corrected chi connectivity index (χ1v) is 4.06. The Labute approximate surface area is 80.7 Å². The number of hydrogen-bond donors (Lipinski definition) is 2. The number of nitrogens with one attached hydrogen (secondary N) is 1. The number of amidine groups is 1. The molecular formula is C9H9N5. The third-order valence-corrected chi connectivity index (χ3v) is 1.83. The number of aromatic nitrogens is 3. The van der Waals surface area contributed by atoms with E-state index in [2.05, 4.69) is 9.97 Å². The van der Waals surface area contributed by atoms with E-state index in [9.17, 15) is 0 Å². The van der Waals surface area contributed by atoms with Crippen molar-refractivity contribution < 1.29 is 0 Å². The monoisotopic (exact) mass is 187 g/mol. The van der Waals surface area contributed by atoms with Crippen molar-refractivity contribution >= 4 is 5.84 Å². The molecule has 2 rings (SSSR count). The lowest BCUT2D eigenvalue weighted by atomic mass is 10.2. The minimum Gasteiger partial charge on any atom is -0.384 e. The Morgan fingerprint density at radius 2 is 2.29 bits per heavy atom. The first-order valence-electron chi connectivity index (χ1n) is 4.06. The van der Waals surface area contributed by atoms with Crippen LogP contribution >= 0.6 is 0 Å². The van der Waals surface area contributed by atoms with Gasteiger partial charge in [-0.3, -0.25) is 9.98 Å². The minimum absolute atomic E-state index is 0.0229. The smallest absolute Gasteiger partial charge is 0.137 e. The SMILES string of the molecule is N=C(N)c1ccc(-n2ccnc2)nc1. The minimum atomic E-state index is 0.0229. The normalized spacial score (nSPS) is 10.0. The van der Waals surface area contributed by atoms with E-state index in [-0.39, 0.29) is 5.84 Å². The number of nitrogens with two attached hydrogens (primary N) is 1. The van der Waals surface area contributed by atoms with Crippen LogP contribution in [0.2, 0.25) is 0 Å². The van der Waals surface area contributed by atoms with Gasteiger partial charge in [0.15, 0.2) is 0 Å². The van der Waals surface area contributed by atoms with Gasteiger partial charge in [-0.25, -0.2) is 9.97 Å². The fraction of sp³-hybridized carbons (Fsp3) is 0. The highest BCUT2D eigenvalue weighted by molar-refractivity contribution is 5.94. The molecule has 5 nitrogen and oxygen atoms in total. The van der Waals surface area contributed by atoms with Crippen LogP contribution in [0.1, 0.15) is 5.56 Å². The Kier molecular flexibility index (Phi) is 1.98. The standard InChI is InChI=1S/C9H9N5/c10-9(11)7-1-2-8(13-5-7)14-4-3-12-6-14/h1-6H,(H3,10,11). The van der Waals surface area contributed by atoms with Crippen LogP contribution in [0.4, 0.5) is 0 Å². The van der Waals surface area contributed by atoms with Crippen LogP contribution in [0.15, 0.2) is 37.1 Å². The van der Waals surface area contributed by atoms with E-state index < -0.39 is 0 Å². The van der Waals surface area contributed by atoms with Crippen LogP contribution < -0.4 is 5.73 Å². The molecule has 0 radical (unpaired) electrons. The molecule has 0 aliphatic rings. The molecule has 0 atom stereocenters. The topological polar surface area (TPSA) is 80.6 Å². The number of pyridine rings is 1. The average Bonchev–Trinajstić information content (AvgIpc) is 2.71. The van der Waals surface area contributed by atoms with Gasteiger partial charge >= 0.3 is 0 Å². The molecule has 0 fully saturated rings. The Balaban J connectivity index is 2.36. The average molecular weight is 187 g/mol. The first-order chi connectivity index (χ1) is 6.77. The summed E-state index contributed by atoms with van der Waals surface area (Å²) >= 11 is 0. The highest BCUT2D eigenvalue weighted by Gasteiger charge is 1.99. The van der Waals surface area contributed by atoms with Gasteiger partial charge in [0.25, 0.3) is 0 Å². The second kappa shape index (κ2) is 3.29. The third-order valence-electron chi connectivity index (χ3n) is 1.83. The fourth-order valence-corrected chi connectivity index (χ4v) is 1.09. The largest absolute Gasteiger partial charge is 0.384 e. The predicted octanol–water partition coefficient (Wildman–Crippen LogP) is 0.551. The molecule has 3 N–H and O–H groups in total. The summed E-state index contributed by atoms with van der Waals surface area (Å²) in [6.07, 6.45) is 6.71. The lowest BCUT2D eigenvalue weighted by Crippen LogP contribution is -2.11. The molecule has 0 aliphatic carbocycles. The summed E-state index contributed by atoms with van der Waals surface area (Å²) in [6, 6.07) is 3.54. The van der Waals surface area contributed by atoms with Gasteiger partial charge in [-0.05, 0) is 12.1 Å². The molecule has 2 aromatic rings. The molecule has 0 spiro atoms. The molecule has 0 amide bonds. The number of imidazole rings is 1. The molecule has 14 heavy (non-hydrogen) atoms. The number of hydrogen-bond acceptors (Lipinski definition) is 3. The van der Waals surface area contributed by atoms with Crippen molar-refractivity contribution in [1.29, 1.82) is 5.41 Å². The predicted molar refractivity (Wildman–Crippen MR) is 52.4 cm³/mol. The van der Waals surface area contributed by atoms with Crippen molar-refractivity contribution in [3.63, 3.8) is 0 Å².